The monoisotopic (exact) mass is 475 g/mol. The first kappa shape index (κ1) is 22.3. The third-order valence-electron chi connectivity index (χ3n) is 4.97. The lowest BCUT2D eigenvalue weighted by molar-refractivity contribution is -0.126. The van der Waals surface area contributed by atoms with E-state index in [-0.39, 0.29) is 41.0 Å². The SMILES string of the molecule is CC(NC(=O)C1CCN(S(=O)(=O)c2cccnc2Cl)CC1)c1ccc(Cl)c(Cl)c1. The number of hydrogen-bond acceptors (Lipinski definition) is 4. The molecular weight excluding hydrogens is 457 g/mol. The summed E-state index contributed by atoms with van der Waals surface area (Å²) in [5, 5.41) is 3.80. The zero-order valence-electron chi connectivity index (χ0n) is 15.6. The molecule has 1 aliphatic heterocycles. The summed E-state index contributed by atoms with van der Waals surface area (Å²) in [5.74, 6) is -0.379. The number of pyridine rings is 1. The molecule has 156 valence electrons. The highest BCUT2D eigenvalue weighted by Crippen LogP contribution is 2.28. The van der Waals surface area contributed by atoms with Crippen molar-refractivity contribution in [1.29, 1.82) is 0 Å². The molecule has 3 rings (SSSR count). The maximum atomic E-state index is 12.8. The normalized spacial score (nSPS) is 17.1. The summed E-state index contributed by atoms with van der Waals surface area (Å²) in [5.41, 5.74) is 0.846. The Morgan fingerprint density at radius 3 is 2.48 bits per heavy atom. The van der Waals surface area contributed by atoms with Gasteiger partial charge in [0.05, 0.1) is 16.1 Å². The van der Waals surface area contributed by atoms with Crippen molar-refractivity contribution in [2.24, 2.45) is 5.92 Å². The highest BCUT2D eigenvalue weighted by molar-refractivity contribution is 7.89. The van der Waals surface area contributed by atoms with Crippen LogP contribution in [0, 0.1) is 5.92 Å². The van der Waals surface area contributed by atoms with Gasteiger partial charge in [0.1, 0.15) is 10.0 Å². The Morgan fingerprint density at radius 1 is 1.17 bits per heavy atom. The highest BCUT2D eigenvalue weighted by Gasteiger charge is 2.33. The Morgan fingerprint density at radius 2 is 1.86 bits per heavy atom. The second-order valence-corrected chi connectivity index (χ2v) is 9.95. The van der Waals surface area contributed by atoms with Gasteiger partial charge in [0.2, 0.25) is 15.9 Å². The Bertz CT molecular complexity index is 1010. The molecule has 1 aromatic heterocycles. The van der Waals surface area contributed by atoms with Crippen LogP contribution in [0.4, 0.5) is 0 Å². The van der Waals surface area contributed by atoms with Crippen LogP contribution in [0.2, 0.25) is 15.2 Å². The molecule has 1 aliphatic rings. The van der Waals surface area contributed by atoms with E-state index < -0.39 is 10.0 Å². The number of sulfonamides is 1. The van der Waals surface area contributed by atoms with E-state index in [2.05, 4.69) is 10.3 Å². The van der Waals surface area contributed by atoms with Crippen molar-refractivity contribution in [2.45, 2.75) is 30.7 Å². The van der Waals surface area contributed by atoms with Crippen molar-refractivity contribution in [3.05, 3.63) is 57.3 Å². The molecule has 29 heavy (non-hydrogen) atoms. The summed E-state index contributed by atoms with van der Waals surface area (Å²) >= 11 is 17.9. The first-order chi connectivity index (χ1) is 13.7. The minimum Gasteiger partial charge on any atom is -0.349 e. The van der Waals surface area contributed by atoms with Crippen LogP contribution in [0.3, 0.4) is 0 Å². The molecule has 2 heterocycles. The predicted molar refractivity (Wildman–Crippen MR) is 114 cm³/mol. The minimum absolute atomic E-state index is 0.0159. The lowest BCUT2D eigenvalue weighted by Crippen LogP contribution is -2.43. The maximum Gasteiger partial charge on any atom is 0.246 e. The highest BCUT2D eigenvalue weighted by atomic mass is 35.5. The van der Waals surface area contributed by atoms with Gasteiger partial charge in [-0.05, 0) is 49.6 Å². The number of hydrogen-bond donors (Lipinski definition) is 1. The third kappa shape index (κ3) is 5.03. The van der Waals surface area contributed by atoms with Crippen LogP contribution in [0.15, 0.2) is 41.4 Å². The molecule has 2 aromatic rings. The Labute approximate surface area is 185 Å². The summed E-state index contributed by atoms with van der Waals surface area (Å²) in [4.78, 5) is 16.5. The van der Waals surface area contributed by atoms with Gasteiger partial charge in [-0.2, -0.15) is 4.31 Å². The van der Waals surface area contributed by atoms with Gasteiger partial charge in [0.15, 0.2) is 0 Å². The Balaban J connectivity index is 1.61. The van der Waals surface area contributed by atoms with Gasteiger partial charge < -0.3 is 5.32 Å². The average molecular weight is 477 g/mol. The second kappa shape index (κ2) is 9.18. The summed E-state index contributed by atoms with van der Waals surface area (Å²) in [6, 6.07) is 7.95. The third-order valence-corrected chi connectivity index (χ3v) is 8.05. The lowest BCUT2D eigenvalue weighted by atomic mass is 9.96. The molecule has 1 N–H and O–H groups in total. The van der Waals surface area contributed by atoms with Crippen LogP contribution in [-0.2, 0) is 14.8 Å². The molecule has 10 heteroatoms. The van der Waals surface area contributed by atoms with Gasteiger partial charge in [-0.25, -0.2) is 13.4 Å². The summed E-state index contributed by atoms with van der Waals surface area (Å²) < 4.78 is 26.9. The zero-order valence-corrected chi connectivity index (χ0v) is 18.7. The van der Waals surface area contributed by atoms with Gasteiger partial charge in [-0.15, -0.1) is 0 Å². The quantitative estimate of drug-likeness (QED) is 0.652. The number of aromatic nitrogens is 1. The number of rotatable bonds is 5. The number of piperidine rings is 1. The average Bonchev–Trinajstić information content (AvgIpc) is 2.70. The molecule has 0 radical (unpaired) electrons. The minimum atomic E-state index is -3.74. The van der Waals surface area contributed by atoms with E-state index in [4.69, 9.17) is 34.8 Å². The van der Waals surface area contributed by atoms with Gasteiger partial charge in [-0.1, -0.05) is 40.9 Å². The molecule has 1 fully saturated rings. The molecule has 0 saturated carbocycles. The summed E-state index contributed by atoms with van der Waals surface area (Å²) in [6.45, 7) is 2.35. The summed E-state index contributed by atoms with van der Waals surface area (Å²) in [7, 11) is -3.74. The first-order valence-corrected chi connectivity index (χ1v) is 11.6. The predicted octanol–water partition coefficient (Wildman–Crippen LogP) is 4.32. The largest absolute Gasteiger partial charge is 0.349 e. The fourth-order valence-corrected chi connectivity index (χ4v) is 5.46. The van der Waals surface area contributed by atoms with Crippen molar-refractivity contribution < 1.29 is 13.2 Å². The zero-order chi connectivity index (χ0) is 21.2. The molecule has 1 amide bonds. The fraction of sp³-hybridized carbons (Fsp3) is 0.368. The van der Waals surface area contributed by atoms with E-state index >= 15 is 0 Å². The Hall–Kier alpha value is -1.38. The van der Waals surface area contributed by atoms with E-state index in [0.29, 0.717) is 22.9 Å². The molecule has 1 saturated heterocycles. The van der Waals surface area contributed by atoms with E-state index in [1.54, 1.807) is 12.1 Å². The molecule has 1 atom stereocenters. The van der Waals surface area contributed by atoms with Crippen molar-refractivity contribution in [1.82, 2.24) is 14.6 Å². The van der Waals surface area contributed by atoms with Crippen LogP contribution >= 0.6 is 34.8 Å². The van der Waals surface area contributed by atoms with E-state index in [0.717, 1.165) is 5.56 Å². The molecule has 1 aromatic carbocycles. The number of carbonyl (C=O) groups is 1. The number of amides is 1. The van der Waals surface area contributed by atoms with Crippen molar-refractivity contribution in [3.8, 4) is 0 Å². The Kier molecular flexibility index (Phi) is 7.06. The molecule has 0 bridgehead atoms. The topological polar surface area (TPSA) is 79.4 Å². The van der Waals surface area contributed by atoms with Gasteiger partial charge >= 0.3 is 0 Å². The maximum absolute atomic E-state index is 12.8. The van der Waals surface area contributed by atoms with Gasteiger partial charge in [0.25, 0.3) is 0 Å². The first-order valence-electron chi connectivity index (χ1n) is 9.06. The van der Waals surface area contributed by atoms with Crippen LogP contribution < -0.4 is 5.32 Å². The van der Waals surface area contributed by atoms with Crippen LogP contribution in [0.5, 0.6) is 0 Å². The van der Waals surface area contributed by atoms with E-state index in [1.165, 1.54) is 22.6 Å². The van der Waals surface area contributed by atoms with Crippen LogP contribution in [0.1, 0.15) is 31.4 Å². The summed E-state index contributed by atoms with van der Waals surface area (Å²) in [6.07, 6.45) is 2.29. The van der Waals surface area contributed by atoms with Crippen LogP contribution in [0.25, 0.3) is 0 Å². The molecule has 0 aliphatic carbocycles. The van der Waals surface area contributed by atoms with E-state index in [9.17, 15) is 13.2 Å². The standard InChI is InChI=1S/C19H20Cl3N3O3S/c1-12(14-4-5-15(20)16(21)11-14)24-19(26)13-6-9-25(10-7-13)29(27,28)17-3-2-8-23-18(17)22/h2-5,8,11-13H,6-7,9-10H2,1H3,(H,24,26). The van der Waals surface area contributed by atoms with Crippen molar-refractivity contribution >= 4 is 50.7 Å². The second-order valence-electron chi connectivity index (χ2n) is 6.87. The van der Waals surface area contributed by atoms with Gasteiger partial charge in [-0.3, -0.25) is 4.79 Å². The number of carbonyl (C=O) groups excluding carboxylic acids is 1. The van der Waals surface area contributed by atoms with Crippen molar-refractivity contribution in [2.75, 3.05) is 13.1 Å². The number of nitrogens with zero attached hydrogens (tertiary/aromatic N) is 2. The van der Waals surface area contributed by atoms with Crippen molar-refractivity contribution in [3.63, 3.8) is 0 Å². The number of benzene rings is 1. The molecule has 6 nitrogen and oxygen atoms in total. The molecule has 1 unspecified atom stereocenters. The van der Waals surface area contributed by atoms with E-state index in [1.807, 2.05) is 13.0 Å². The molecular formula is C19H20Cl3N3O3S. The smallest absolute Gasteiger partial charge is 0.246 e. The van der Waals surface area contributed by atoms with Gasteiger partial charge in [0, 0.05) is 25.2 Å². The number of nitrogens with one attached hydrogen (secondary N) is 1. The lowest BCUT2D eigenvalue weighted by Gasteiger charge is -2.31. The molecule has 0 spiro atoms. The van der Waals surface area contributed by atoms with Crippen LogP contribution in [-0.4, -0.2) is 36.7 Å². The fourth-order valence-electron chi connectivity index (χ4n) is 3.26. The number of halogens is 3.